The Bertz CT molecular complexity index is 5280. The Morgan fingerprint density at radius 3 is 1.75 bits per heavy atom. The van der Waals surface area contributed by atoms with Gasteiger partial charge in [0.1, 0.15) is 5.58 Å². The van der Waals surface area contributed by atoms with Crippen LogP contribution in [0.1, 0.15) is 77.6 Å². The fraction of sp³-hybridized carbons (Fsp3) is 0.126. The van der Waals surface area contributed by atoms with E-state index in [9.17, 15) is 0 Å². The van der Waals surface area contributed by atoms with E-state index in [1.165, 1.54) is 93.9 Å². The molecule has 0 atom stereocenters. The minimum atomic E-state index is -0.242. The third-order valence-corrected chi connectivity index (χ3v) is 20.2. The highest BCUT2D eigenvalue weighted by Crippen LogP contribution is 2.53. The normalized spacial score (nSPS) is 13.7. The van der Waals surface area contributed by atoms with Crippen LogP contribution in [0.25, 0.3) is 77.2 Å². The Balaban J connectivity index is 0.944. The lowest BCUT2D eigenvalue weighted by Crippen LogP contribution is -2.61. The molecule has 92 heavy (non-hydrogen) atoms. The first kappa shape index (κ1) is 55.5. The van der Waals surface area contributed by atoms with Crippen LogP contribution in [0.5, 0.6) is 0 Å². The van der Waals surface area contributed by atoms with Crippen molar-refractivity contribution in [2.45, 2.75) is 71.6 Å². The van der Waals surface area contributed by atoms with E-state index in [0.717, 1.165) is 73.1 Å². The highest BCUT2D eigenvalue weighted by Gasteiger charge is 2.45. The molecule has 0 radical (unpaired) electrons. The predicted molar refractivity (Wildman–Crippen MR) is 391 cm³/mol. The van der Waals surface area contributed by atoms with E-state index in [2.05, 4.69) is 349 Å². The molecule has 13 aromatic carbocycles. The number of hydrogen-bond donors (Lipinski definition) is 0. The Labute approximate surface area is 540 Å². The predicted octanol–water partition coefficient (Wildman–Crippen LogP) is 22.2. The summed E-state index contributed by atoms with van der Waals surface area (Å²) in [5.74, 6) is 0. The summed E-state index contributed by atoms with van der Waals surface area (Å²) in [5.41, 5.74) is 30.0. The van der Waals surface area contributed by atoms with Crippen LogP contribution in [-0.2, 0) is 16.2 Å². The van der Waals surface area contributed by atoms with Gasteiger partial charge in [-0.3, -0.25) is 0 Å². The summed E-state index contributed by atoms with van der Waals surface area (Å²) in [7, 11) is 0. The van der Waals surface area contributed by atoms with E-state index in [1.807, 2.05) is 0 Å². The number of rotatable bonds is 8. The molecule has 5 heteroatoms. The van der Waals surface area contributed by atoms with Crippen LogP contribution in [0, 0.1) is 0 Å². The summed E-state index contributed by atoms with van der Waals surface area (Å²) in [4.78, 5) is 7.64. The molecule has 0 spiro atoms. The molecule has 3 aliphatic rings. The molecule has 14 aromatic rings. The molecule has 4 nitrogen and oxygen atoms in total. The Morgan fingerprint density at radius 2 is 0.989 bits per heavy atom. The summed E-state index contributed by atoms with van der Waals surface area (Å²) in [6, 6.07) is 105. The van der Waals surface area contributed by atoms with Crippen molar-refractivity contribution in [1.82, 2.24) is 0 Å². The average molecular weight is 1180 g/mol. The number of anilines is 9. The van der Waals surface area contributed by atoms with Crippen molar-refractivity contribution < 1.29 is 4.42 Å². The maximum absolute atomic E-state index is 7.04. The molecule has 0 saturated carbocycles. The summed E-state index contributed by atoms with van der Waals surface area (Å²) >= 11 is 0. The first-order chi connectivity index (χ1) is 44.7. The second-order valence-electron chi connectivity index (χ2n) is 28.1. The zero-order chi connectivity index (χ0) is 62.4. The molecular formula is C87H70BN3O. The van der Waals surface area contributed by atoms with Crippen molar-refractivity contribution in [2.24, 2.45) is 0 Å². The van der Waals surface area contributed by atoms with Gasteiger partial charge < -0.3 is 19.1 Å². The monoisotopic (exact) mass is 1180 g/mol. The molecular weight excluding hydrogens is 1110 g/mol. The standard InChI is InChI=1S/C87H70BN3O/c1-85(2,3)61-39-43-63(44-40-61)89(76-49-37-57-24-15-16-27-66(57)82(76)58-25-13-10-14-26-58)65-45-47-73-78(54-65)90(64-41-34-56(35-42-64)59-36-46-68-67-28-17-19-31-71(67)87(7,8)72(68)50-59)79-52-62(86(4,5)6)53-80-83(79)88(73)74-51-60(55-22-11-9-12-23-55)38-48-75(74)91(80)77-32-21-30-70-69-29-18-20-33-81(69)92-84(70)77/h9-54H,1-8H3. The van der Waals surface area contributed by atoms with Crippen molar-refractivity contribution >= 4 is 107 Å². The lowest BCUT2D eigenvalue weighted by molar-refractivity contribution is 0.590. The van der Waals surface area contributed by atoms with Crippen molar-refractivity contribution in [2.75, 3.05) is 14.7 Å². The Morgan fingerprint density at radius 1 is 0.380 bits per heavy atom. The molecule has 17 rings (SSSR count). The maximum atomic E-state index is 7.04. The van der Waals surface area contributed by atoms with Gasteiger partial charge in [0.25, 0.3) is 6.71 Å². The number of fused-ring (bicyclic) bond motifs is 11. The van der Waals surface area contributed by atoms with Crippen LogP contribution in [0.4, 0.5) is 51.2 Å². The summed E-state index contributed by atoms with van der Waals surface area (Å²) < 4.78 is 7.04. The lowest BCUT2D eigenvalue weighted by Gasteiger charge is -2.45. The minimum absolute atomic E-state index is 0.0324. The summed E-state index contributed by atoms with van der Waals surface area (Å²) in [5, 5.41) is 4.61. The van der Waals surface area contributed by atoms with Crippen molar-refractivity contribution in [1.29, 1.82) is 0 Å². The van der Waals surface area contributed by atoms with Gasteiger partial charge in [0.15, 0.2) is 5.58 Å². The molecule has 0 saturated heterocycles. The first-order valence-electron chi connectivity index (χ1n) is 32.5. The first-order valence-corrected chi connectivity index (χ1v) is 32.5. The maximum Gasteiger partial charge on any atom is 0.252 e. The molecule has 1 aromatic heterocycles. The highest BCUT2D eigenvalue weighted by molar-refractivity contribution is 7.00. The van der Waals surface area contributed by atoms with Crippen molar-refractivity contribution in [3.63, 3.8) is 0 Å². The van der Waals surface area contributed by atoms with Gasteiger partial charge in [-0.15, -0.1) is 0 Å². The zero-order valence-corrected chi connectivity index (χ0v) is 53.4. The largest absolute Gasteiger partial charge is 0.454 e. The van der Waals surface area contributed by atoms with Crippen LogP contribution in [0.3, 0.4) is 0 Å². The van der Waals surface area contributed by atoms with Crippen LogP contribution < -0.4 is 31.1 Å². The van der Waals surface area contributed by atoms with Gasteiger partial charge in [-0.2, -0.15) is 0 Å². The van der Waals surface area contributed by atoms with Gasteiger partial charge in [-0.25, -0.2) is 0 Å². The van der Waals surface area contributed by atoms with Crippen LogP contribution in [0.15, 0.2) is 283 Å². The lowest BCUT2D eigenvalue weighted by atomic mass is 9.33. The van der Waals surface area contributed by atoms with E-state index < -0.39 is 0 Å². The van der Waals surface area contributed by atoms with E-state index in [4.69, 9.17) is 4.42 Å². The number of benzene rings is 13. The summed E-state index contributed by atoms with van der Waals surface area (Å²) in [6.07, 6.45) is 0. The molecule has 0 fully saturated rings. The van der Waals surface area contributed by atoms with Crippen molar-refractivity contribution in [3.05, 3.63) is 301 Å². The number of furan rings is 1. The molecule has 0 bridgehead atoms. The molecule has 1 aliphatic carbocycles. The topological polar surface area (TPSA) is 22.9 Å². The highest BCUT2D eigenvalue weighted by atomic mass is 16.3. The van der Waals surface area contributed by atoms with Crippen LogP contribution in [0.2, 0.25) is 0 Å². The third kappa shape index (κ3) is 8.73. The second kappa shape index (κ2) is 20.7. The molecule has 0 amide bonds. The van der Waals surface area contributed by atoms with E-state index in [0.29, 0.717) is 0 Å². The fourth-order valence-electron chi connectivity index (χ4n) is 15.4. The fourth-order valence-corrected chi connectivity index (χ4v) is 15.4. The second-order valence-corrected chi connectivity index (χ2v) is 28.1. The minimum Gasteiger partial charge on any atom is -0.454 e. The average Bonchev–Trinajstić information content (AvgIpc) is 0.828. The van der Waals surface area contributed by atoms with Crippen LogP contribution in [-0.4, -0.2) is 6.71 Å². The molecule has 0 unspecified atom stereocenters. The number of para-hydroxylation sites is 2. The smallest absolute Gasteiger partial charge is 0.252 e. The summed E-state index contributed by atoms with van der Waals surface area (Å²) in [6.45, 7) is 18.5. The molecule has 0 N–H and O–H groups in total. The molecule has 3 heterocycles. The van der Waals surface area contributed by atoms with Gasteiger partial charge in [0, 0.05) is 61.6 Å². The Kier molecular flexibility index (Phi) is 12.5. The SMILES string of the molecule is CC(C)(C)c1ccc(N(c2ccc3c(c2)N(c2ccc(-c4ccc5c(c4)C(C)(C)c4ccccc4-5)cc2)c2cc(C(C)(C)C)cc4c2B3c2cc(-c3ccccc3)ccc2N4c2cccc3c2oc2ccccc23)c2ccc3ccccc3c2-c2ccccc2)cc1. The van der Waals surface area contributed by atoms with E-state index in [1.54, 1.807) is 0 Å². The number of hydrogen-bond acceptors (Lipinski definition) is 4. The van der Waals surface area contributed by atoms with Gasteiger partial charge in [-0.1, -0.05) is 256 Å². The molecule has 442 valence electrons. The van der Waals surface area contributed by atoms with Gasteiger partial charge >= 0.3 is 0 Å². The molecule has 2 aliphatic heterocycles. The van der Waals surface area contributed by atoms with E-state index in [-0.39, 0.29) is 23.0 Å². The van der Waals surface area contributed by atoms with Crippen molar-refractivity contribution in [3.8, 4) is 44.5 Å². The third-order valence-electron chi connectivity index (χ3n) is 20.2. The quantitative estimate of drug-likeness (QED) is 0.141. The zero-order valence-electron chi connectivity index (χ0n) is 53.4. The van der Waals surface area contributed by atoms with Gasteiger partial charge in [0.2, 0.25) is 0 Å². The van der Waals surface area contributed by atoms with Gasteiger partial charge in [-0.05, 0) is 178 Å². The Hall–Kier alpha value is -10.6. The van der Waals surface area contributed by atoms with Gasteiger partial charge in [0.05, 0.1) is 11.4 Å². The number of nitrogens with zero attached hydrogens (tertiary/aromatic N) is 3. The van der Waals surface area contributed by atoms with E-state index >= 15 is 0 Å². The van der Waals surface area contributed by atoms with Crippen LogP contribution >= 0.6 is 0 Å².